The van der Waals surface area contributed by atoms with E-state index in [-0.39, 0.29) is 28.8 Å². The summed E-state index contributed by atoms with van der Waals surface area (Å²) in [7, 11) is 1.50. The predicted molar refractivity (Wildman–Crippen MR) is 75.3 cm³/mol. The summed E-state index contributed by atoms with van der Waals surface area (Å²) in [6.07, 6.45) is 1.56. The van der Waals surface area contributed by atoms with Crippen LogP contribution in [-0.2, 0) is 11.5 Å². The summed E-state index contributed by atoms with van der Waals surface area (Å²) >= 11 is 5.71. The summed E-state index contributed by atoms with van der Waals surface area (Å²) in [5.74, 6) is -0.560. The Balaban J connectivity index is 2.20. The van der Waals surface area contributed by atoms with Crippen molar-refractivity contribution in [2.45, 2.75) is 6.73 Å². The van der Waals surface area contributed by atoms with Gasteiger partial charge < -0.3 is 10.1 Å². The predicted octanol–water partition coefficient (Wildman–Crippen LogP) is 2.30. The van der Waals surface area contributed by atoms with Gasteiger partial charge in [-0.05, 0) is 18.2 Å². The van der Waals surface area contributed by atoms with Gasteiger partial charge in [-0.3, -0.25) is 14.9 Å². The minimum Gasteiger partial charge on any atom is -0.362 e. The molecule has 21 heavy (non-hydrogen) atoms. The fourth-order valence-corrected chi connectivity index (χ4v) is 1.80. The van der Waals surface area contributed by atoms with Gasteiger partial charge >= 0.3 is 0 Å². The number of carbonyl (C=O) groups is 1. The number of nitro groups is 1. The number of anilines is 1. The molecule has 0 saturated heterocycles. The number of nitrogens with one attached hydrogen (secondary N) is 1. The topological polar surface area (TPSA) is 99.3 Å². The Morgan fingerprint density at radius 2 is 2.29 bits per heavy atom. The van der Waals surface area contributed by atoms with Crippen molar-refractivity contribution >= 4 is 28.9 Å². The third-order valence-electron chi connectivity index (χ3n) is 2.54. The number of ether oxygens (including phenoxy) is 1. The lowest BCUT2D eigenvalue weighted by Gasteiger charge is -2.04. The minimum atomic E-state index is -0.620. The fraction of sp³-hybridized carbons (Fsp3) is 0.167. The van der Waals surface area contributed by atoms with Gasteiger partial charge in [0.15, 0.2) is 5.69 Å². The van der Waals surface area contributed by atoms with Gasteiger partial charge in [-0.15, -0.1) is 0 Å². The highest BCUT2D eigenvalue weighted by molar-refractivity contribution is 6.31. The molecule has 0 saturated carbocycles. The van der Waals surface area contributed by atoms with E-state index >= 15 is 0 Å². The molecule has 0 spiro atoms. The first-order valence-corrected chi connectivity index (χ1v) is 6.16. The molecule has 0 aliphatic heterocycles. The van der Waals surface area contributed by atoms with E-state index < -0.39 is 10.8 Å². The zero-order chi connectivity index (χ0) is 15.4. The highest BCUT2D eigenvalue weighted by atomic mass is 35.5. The van der Waals surface area contributed by atoms with Crippen LogP contribution in [0, 0.1) is 10.1 Å². The summed E-state index contributed by atoms with van der Waals surface area (Å²) in [6, 6.07) is 5.47. The molecule has 0 bridgehead atoms. The second-order valence-corrected chi connectivity index (χ2v) is 4.47. The van der Waals surface area contributed by atoms with Crippen LogP contribution in [0.5, 0.6) is 0 Å². The van der Waals surface area contributed by atoms with Crippen molar-refractivity contribution in [2.75, 3.05) is 12.4 Å². The molecule has 1 heterocycles. The van der Waals surface area contributed by atoms with E-state index in [9.17, 15) is 14.9 Å². The van der Waals surface area contributed by atoms with Gasteiger partial charge in [-0.1, -0.05) is 11.6 Å². The molecule has 2 rings (SSSR count). The molecule has 1 N–H and O–H groups in total. The molecular formula is C12H11ClN4O4. The van der Waals surface area contributed by atoms with E-state index in [0.717, 1.165) is 0 Å². The van der Waals surface area contributed by atoms with Crippen LogP contribution in [0.3, 0.4) is 0 Å². The van der Waals surface area contributed by atoms with E-state index in [1.54, 1.807) is 6.20 Å². The van der Waals surface area contributed by atoms with Gasteiger partial charge in [-0.2, -0.15) is 5.10 Å². The number of amides is 1. The van der Waals surface area contributed by atoms with Crippen LogP contribution in [0.1, 0.15) is 10.5 Å². The Labute approximate surface area is 124 Å². The molecule has 2 aromatic rings. The van der Waals surface area contributed by atoms with Gasteiger partial charge in [-0.25, -0.2) is 4.68 Å². The van der Waals surface area contributed by atoms with Crippen LogP contribution in [-0.4, -0.2) is 27.7 Å². The smallest absolute Gasteiger partial charge is 0.294 e. The maximum atomic E-state index is 12.0. The maximum Gasteiger partial charge on any atom is 0.294 e. The molecule has 0 aliphatic rings. The summed E-state index contributed by atoms with van der Waals surface area (Å²) in [5.41, 5.74) is -0.112. The molecule has 0 fully saturated rings. The van der Waals surface area contributed by atoms with Gasteiger partial charge in [0.2, 0.25) is 0 Å². The van der Waals surface area contributed by atoms with Crippen LogP contribution >= 0.6 is 11.6 Å². The summed E-state index contributed by atoms with van der Waals surface area (Å²) in [6.45, 7) is 0.203. The van der Waals surface area contributed by atoms with Crippen molar-refractivity contribution in [1.82, 2.24) is 9.78 Å². The number of methoxy groups -OCH3 is 1. The van der Waals surface area contributed by atoms with E-state index in [2.05, 4.69) is 10.4 Å². The summed E-state index contributed by atoms with van der Waals surface area (Å²) in [4.78, 5) is 22.3. The van der Waals surface area contributed by atoms with Crippen LogP contribution in [0.15, 0.2) is 30.5 Å². The average molecular weight is 311 g/mol. The highest BCUT2D eigenvalue weighted by Crippen LogP contribution is 2.27. The van der Waals surface area contributed by atoms with Crippen molar-refractivity contribution in [3.05, 3.63) is 51.3 Å². The fourth-order valence-electron chi connectivity index (χ4n) is 1.63. The number of nitro benzene ring substituents is 1. The maximum absolute atomic E-state index is 12.0. The van der Waals surface area contributed by atoms with E-state index in [1.165, 1.54) is 36.1 Å². The molecule has 0 radical (unpaired) electrons. The van der Waals surface area contributed by atoms with Crippen LogP contribution < -0.4 is 5.32 Å². The second-order valence-electron chi connectivity index (χ2n) is 4.03. The minimum absolute atomic E-state index is 0.0516. The van der Waals surface area contributed by atoms with E-state index in [1.807, 2.05) is 0 Å². The van der Waals surface area contributed by atoms with Crippen molar-refractivity contribution in [3.8, 4) is 0 Å². The first kappa shape index (κ1) is 14.9. The standard InChI is InChI=1S/C12H11ClN4O4/c1-21-7-16-5-4-10(15-16)12(18)14-9-3-2-8(13)6-11(9)17(19)20/h2-6H,7H2,1H3,(H,14,18). The molecule has 0 aliphatic carbocycles. The second kappa shape index (κ2) is 6.33. The van der Waals surface area contributed by atoms with E-state index in [4.69, 9.17) is 16.3 Å². The van der Waals surface area contributed by atoms with Crippen molar-refractivity contribution in [1.29, 1.82) is 0 Å². The molecule has 0 unspecified atom stereocenters. The van der Waals surface area contributed by atoms with Gasteiger partial charge in [0.25, 0.3) is 11.6 Å². The normalized spacial score (nSPS) is 10.4. The number of hydrogen-bond donors (Lipinski definition) is 1. The zero-order valence-corrected chi connectivity index (χ0v) is 11.7. The Morgan fingerprint density at radius 3 is 2.95 bits per heavy atom. The van der Waals surface area contributed by atoms with Crippen molar-refractivity contribution in [3.63, 3.8) is 0 Å². The number of halogens is 1. The lowest BCUT2D eigenvalue weighted by molar-refractivity contribution is -0.383. The number of aromatic nitrogens is 2. The van der Waals surface area contributed by atoms with Crippen molar-refractivity contribution < 1.29 is 14.5 Å². The van der Waals surface area contributed by atoms with Gasteiger partial charge in [0.1, 0.15) is 12.4 Å². The Bertz CT molecular complexity index is 686. The third kappa shape index (κ3) is 3.56. The number of carbonyl (C=O) groups excluding carboxylic acids is 1. The van der Waals surface area contributed by atoms with Crippen LogP contribution in [0.4, 0.5) is 11.4 Å². The zero-order valence-electron chi connectivity index (χ0n) is 10.9. The quantitative estimate of drug-likeness (QED) is 0.674. The molecule has 110 valence electrons. The molecule has 1 aromatic heterocycles. The average Bonchev–Trinajstić information content (AvgIpc) is 2.89. The first-order valence-electron chi connectivity index (χ1n) is 5.79. The lowest BCUT2D eigenvalue weighted by Crippen LogP contribution is -2.14. The highest BCUT2D eigenvalue weighted by Gasteiger charge is 2.18. The number of benzene rings is 1. The molecule has 0 atom stereocenters. The first-order chi connectivity index (χ1) is 10.0. The summed E-state index contributed by atoms with van der Waals surface area (Å²) in [5, 5.41) is 17.6. The van der Waals surface area contributed by atoms with Crippen LogP contribution in [0.2, 0.25) is 5.02 Å². The summed E-state index contributed by atoms with van der Waals surface area (Å²) < 4.78 is 6.29. The molecule has 9 heteroatoms. The lowest BCUT2D eigenvalue weighted by atomic mass is 10.2. The van der Waals surface area contributed by atoms with Gasteiger partial charge in [0, 0.05) is 24.4 Å². The molecule has 8 nitrogen and oxygen atoms in total. The number of rotatable bonds is 5. The third-order valence-corrected chi connectivity index (χ3v) is 2.77. The van der Waals surface area contributed by atoms with Crippen LogP contribution in [0.25, 0.3) is 0 Å². The Morgan fingerprint density at radius 1 is 1.52 bits per heavy atom. The number of nitrogens with zero attached hydrogens (tertiary/aromatic N) is 3. The molecule has 1 amide bonds. The van der Waals surface area contributed by atoms with Crippen molar-refractivity contribution in [2.24, 2.45) is 0 Å². The largest absolute Gasteiger partial charge is 0.362 e. The SMILES string of the molecule is COCn1ccc(C(=O)Nc2ccc(Cl)cc2[N+](=O)[O-])n1. The number of hydrogen-bond acceptors (Lipinski definition) is 5. The van der Waals surface area contributed by atoms with E-state index in [0.29, 0.717) is 0 Å². The monoisotopic (exact) mass is 310 g/mol. The molecule has 1 aromatic carbocycles. The Kier molecular flexibility index (Phi) is 4.51. The Hall–Kier alpha value is -2.45. The molecular weight excluding hydrogens is 300 g/mol. The van der Waals surface area contributed by atoms with Gasteiger partial charge in [0.05, 0.1) is 4.92 Å².